The van der Waals surface area contributed by atoms with Crippen LogP contribution in [-0.4, -0.2) is 47.3 Å². The van der Waals surface area contributed by atoms with Gasteiger partial charge in [0.2, 0.25) is 5.91 Å². The highest BCUT2D eigenvalue weighted by atomic mass is 16.2. The van der Waals surface area contributed by atoms with E-state index in [4.69, 9.17) is 0 Å². The van der Waals surface area contributed by atoms with Gasteiger partial charge in [-0.15, -0.1) is 0 Å². The zero-order valence-corrected chi connectivity index (χ0v) is 11.3. The summed E-state index contributed by atoms with van der Waals surface area (Å²) < 4.78 is 0. The fraction of sp³-hybridized carbons (Fsp3) is 0.357. The number of urea groups is 1. The molecule has 0 radical (unpaired) electrons. The molecular formula is C14H17N3O3. The molecule has 1 saturated heterocycles. The number of rotatable bonds is 5. The van der Waals surface area contributed by atoms with Gasteiger partial charge in [0.15, 0.2) is 0 Å². The average Bonchev–Trinajstić information content (AvgIpc) is 2.77. The van der Waals surface area contributed by atoms with Gasteiger partial charge in [-0.25, -0.2) is 4.79 Å². The van der Waals surface area contributed by atoms with E-state index in [1.165, 1.54) is 0 Å². The largest absolute Gasteiger partial charge is 0.337 e. The molecule has 2 rings (SSSR count). The van der Waals surface area contributed by atoms with Crippen LogP contribution in [0.3, 0.4) is 0 Å². The van der Waals surface area contributed by atoms with Crippen LogP contribution in [0.4, 0.5) is 4.79 Å². The maximum Gasteiger partial charge on any atom is 0.325 e. The Kier molecular flexibility index (Phi) is 4.34. The molecule has 0 aromatic heterocycles. The van der Waals surface area contributed by atoms with Gasteiger partial charge in [0.1, 0.15) is 6.54 Å². The molecule has 106 valence electrons. The first-order valence-corrected chi connectivity index (χ1v) is 6.51. The van der Waals surface area contributed by atoms with Crippen molar-refractivity contribution in [2.45, 2.75) is 13.5 Å². The molecule has 0 unspecified atom stereocenters. The first-order valence-electron chi connectivity index (χ1n) is 6.51. The molecule has 0 spiro atoms. The van der Waals surface area contributed by atoms with E-state index in [1.807, 2.05) is 37.3 Å². The number of likely N-dealkylation sites (N-methyl/N-ethyl adjacent to an activating group) is 1. The van der Waals surface area contributed by atoms with Crippen molar-refractivity contribution in [2.24, 2.45) is 0 Å². The molecule has 0 aliphatic carbocycles. The Balaban J connectivity index is 1.99. The lowest BCUT2D eigenvalue weighted by Crippen LogP contribution is -2.42. The van der Waals surface area contributed by atoms with E-state index in [0.717, 1.165) is 10.5 Å². The van der Waals surface area contributed by atoms with E-state index in [2.05, 4.69) is 5.32 Å². The minimum Gasteiger partial charge on any atom is -0.337 e. The molecule has 6 heteroatoms. The summed E-state index contributed by atoms with van der Waals surface area (Å²) in [5.74, 6) is -0.596. The van der Waals surface area contributed by atoms with Gasteiger partial charge in [0.05, 0.1) is 6.54 Å². The number of imide groups is 1. The highest BCUT2D eigenvalue weighted by Crippen LogP contribution is 2.06. The summed E-state index contributed by atoms with van der Waals surface area (Å²) in [7, 11) is 0. The zero-order chi connectivity index (χ0) is 14.5. The van der Waals surface area contributed by atoms with Crippen molar-refractivity contribution >= 4 is 17.8 Å². The Morgan fingerprint density at radius 1 is 1.30 bits per heavy atom. The van der Waals surface area contributed by atoms with Gasteiger partial charge >= 0.3 is 6.03 Å². The van der Waals surface area contributed by atoms with E-state index >= 15 is 0 Å². The summed E-state index contributed by atoms with van der Waals surface area (Å²) in [5, 5.41) is 2.40. The second-order valence-corrected chi connectivity index (χ2v) is 4.53. The summed E-state index contributed by atoms with van der Waals surface area (Å²) in [6.07, 6.45) is 0. The maximum absolute atomic E-state index is 12.2. The number of benzene rings is 1. The third kappa shape index (κ3) is 3.14. The Bertz CT molecular complexity index is 500. The molecule has 0 atom stereocenters. The van der Waals surface area contributed by atoms with Gasteiger partial charge in [-0.3, -0.25) is 14.5 Å². The van der Waals surface area contributed by atoms with E-state index < -0.39 is 6.03 Å². The number of carbonyl (C=O) groups excluding carboxylic acids is 3. The molecule has 1 heterocycles. The summed E-state index contributed by atoms with van der Waals surface area (Å²) in [6, 6.07) is 9.09. The summed E-state index contributed by atoms with van der Waals surface area (Å²) in [4.78, 5) is 37.6. The minimum absolute atomic E-state index is 0.0308. The van der Waals surface area contributed by atoms with Gasteiger partial charge in [-0.2, -0.15) is 0 Å². The SMILES string of the molecule is CCN(Cc1ccccc1)C(=O)CN1C(=O)CNC1=O. The lowest BCUT2D eigenvalue weighted by atomic mass is 10.2. The van der Waals surface area contributed by atoms with Crippen LogP contribution in [0.25, 0.3) is 0 Å². The molecule has 1 aromatic carbocycles. The number of hydrogen-bond acceptors (Lipinski definition) is 3. The smallest absolute Gasteiger partial charge is 0.325 e. The second kappa shape index (κ2) is 6.18. The fourth-order valence-corrected chi connectivity index (χ4v) is 2.03. The van der Waals surface area contributed by atoms with Crippen molar-refractivity contribution in [1.82, 2.24) is 15.1 Å². The molecule has 1 N–H and O–H groups in total. The van der Waals surface area contributed by atoms with Crippen molar-refractivity contribution in [3.63, 3.8) is 0 Å². The van der Waals surface area contributed by atoms with Crippen molar-refractivity contribution in [3.8, 4) is 0 Å². The normalized spacial score (nSPS) is 14.3. The molecule has 1 fully saturated rings. The Morgan fingerprint density at radius 2 is 2.00 bits per heavy atom. The number of nitrogens with zero attached hydrogens (tertiary/aromatic N) is 2. The summed E-state index contributed by atoms with van der Waals surface area (Å²) in [6.45, 7) is 2.63. The van der Waals surface area contributed by atoms with Crippen LogP contribution < -0.4 is 5.32 Å². The van der Waals surface area contributed by atoms with E-state index in [9.17, 15) is 14.4 Å². The summed E-state index contributed by atoms with van der Waals surface area (Å²) >= 11 is 0. The Labute approximate surface area is 117 Å². The predicted molar refractivity (Wildman–Crippen MR) is 72.6 cm³/mol. The number of carbonyl (C=O) groups is 3. The quantitative estimate of drug-likeness (QED) is 0.799. The molecular weight excluding hydrogens is 258 g/mol. The number of amides is 4. The van der Waals surface area contributed by atoms with E-state index in [-0.39, 0.29) is 24.9 Å². The Morgan fingerprint density at radius 3 is 2.55 bits per heavy atom. The fourth-order valence-electron chi connectivity index (χ4n) is 2.03. The van der Waals surface area contributed by atoms with Crippen LogP contribution in [0.15, 0.2) is 30.3 Å². The minimum atomic E-state index is -0.501. The predicted octanol–water partition coefficient (Wildman–Crippen LogP) is 0.587. The number of nitrogens with one attached hydrogen (secondary N) is 1. The molecule has 1 aliphatic heterocycles. The number of hydrogen-bond donors (Lipinski definition) is 1. The third-order valence-corrected chi connectivity index (χ3v) is 3.18. The highest BCUT2D eigenvalue weighted by molar-refractivity contribution is 6.04. The van der Waals surface area contributed by atoms with Crippen LogP contribution in [0.5, 0.6) is 0 Å². The maximum atomic E-state index is 12.2. The van der Waals surface area contributed by atoms with E-state index in [1.54, 1.807) is 4.90 Å². The van der Waals surface area contributed by atoms with Gasteiger partial charge < -0.3 is 10.2 Å². The molecule has 4 amide bonds. The molecule has 1 aliphatic rings. The van der Waals surface area contributed by atoms with Crippen LogP contribution >= 0.6 is 0 Å². The van der Waals surface area contributed by atoms with Gasteiger partial charge in [0, 0.05) is 13.1 Å². The molecule has 0 saturated carbocycles. The molecule has 6 nitrogen and oxygen atoms in total. The summed E-state index contributed by atoms with van der Waals surface area (Å²) in [5.41, 5.74) is 1.01. The van der Waals surface area contributed by atoms with Gasteiger partial charge in [-0.05, 0) is 12.5 Å². The van der Waals surface area contributed by atoms with Crippen molar-refractivity contribution < 1.29 is 14.4 Å². The van der Waals surface area contributed by atoms with Crippen LogP contribution in [-0.2, 0) is 16.1 Å². The first-order chi connectivity index (χ1) is 9.61. The average molecular weight is 275 g/mol. The lowest BCUT2D eigenvalue weighted by Gasteiger charge is -2.23. The molecule has 20 heavy (non-hydrogen) atoms. The standard InChI is InChI=1S/C14H17N3O3/c1-2-16(9-11-6-4-3-5-7-11)13(19)10-17-12(18)8-15-14(17)20/h3-7H,2,8-10H2,1H3,(H,15,20). The lowest BCUT2D eigenvalue weighted by molar-refractivity contribution is -0.136. The van der Waals surface area contributed by atoms with Crippen LogP contribution in [0.2, 0.25) is 0 Å². The third-order valence-electron chi connectivity index (χ3n) is 3.18. The van der Waals surface area contributed by atoms with Gasteiger partial charge in [-0.1, -0.05) is 30.3 Å². The van der Waals surface area contributed by atoms with Gasteiger partial charge in [0.25, 0.3) is 5.91 Å². The molecule has 0 bridgehead atoms. The highest BCUT2D eigenvalue weighted by Gasteiger charge is 2.31. The van der Waals surface area contributed by atoms with Crippen molar-refractivity contribution in [3.05, 3.63) is 35.9 Å². The van der Waals surface area contributed by atoms with Crippen molar-refractivity contribution in [1.29, 1.82) is 0 Å². The van der Waals surface area contributed by atoms with Crippen LogP contribution in [0, 0.1) is 0 Å². The topological polar surface area (TPSA) is 69.7 Å². The monoisotopic (exact) mass is 275 g/mol. The van der Waals surface area contributed by atoms with Crippen molar-refractivity contribution in [2.75, 3.05) is 19.6 Å². The second-order valence-electron chi connectivity index (χ2n) is 4.53. The first kappa shape index (κ1) is 14.0. The zero-order valence-electron chi connectivity index (χ0n) is 11.3. The van der Waals surface area contributed by atoms with Crippen LogP contribution in [0.1, 0.15) is 12.5 Å². The van der Waals surface area contributed by atoms with E-state index in [0.29, 0.717) is 13.1 Å². The molecule has 1 aromatic rings. The Hall–Kier alpha value is -2.37.